The number of nitrogens with zero attached hydrogens (tertiary/aromatic N) is 4. The summed E-state index contributed by atoms with van der Waals surface area (Å²) in [6.07, 6.45) is -0.601. The van der Waals surface area contributed by atoms with Crippen LogP contribution < -0.4 is 15.8 Å². The number of piperidine rings is 1. The maximum Gasteiger partial charge on any atom is 0.356 e. The molecule has 2 aromatic heterocycles. The third-order valence-electron chi connectivity index (χ3n) is 6.21. The highest BCUT2D eigenvalue weighted by Crippen LogP contribution is 2.32. The molecule has 3 heterocycles. The second-order valence-electron chi connectivity index (χ2n) is 8.76. The monoisotopic (exact) mass is 505 g/mol. The maximum absolute atomic E-state index is 13.8. The Morgan fingerprint density at radius 3 is 2.57 bits per heavy atom. The highest BCUT2D eigenvalue weighted by molar-refractivity contribution is 6.29. The molecule has 0 amide bonds. The molecule has 1 aliphatic rings. The number of alkyl halides is 2. The van der Waals surface area contributed by atoms with Gasteiger partial charge in [0.05, 0.1) is 22.6 Å². The van der Waals surface area contributed by atoms with Gasteiger partial charge in [0.2, 0.25) is 5.95 Å². The zero-order chi connectivity index (χ0) is 25.5. The van der Waals surface area contributed by atoms with Gasteiger partial charge in [-0.25, -0.2) is 23.5 Å². The van der Waals surface area contributed by atoms with Crippen LogP contribution in [-0.2, 0) is 6.54 Å². The molecule has 0 saturated carbocycles. The molecule has 0 aliphatic carbocycles. The normalized spacial score (nSPS) is 16.3. The lowest BCUT2D eigenvalue weighted by atomic mass is 10.0. The molecular formula is C24H26ClF2N5O3. The number of fused-ring (bicyclic) bond motifs is 1. The summed E-state index contributed by atoms with van der Waals surface area (Å²) in [5.41, 5.74) is 1.75. The van der Waals surface area contributed by atoms with Crippen molar-refractivity contribution in [2.75, 3.05) is 23.3 Å². The molecule has 1 aliphatic heterocycles. The Morgan fingerprint density at radius 1 is 1.26 bits per heavy atom. The van der Waals surface area contributed by atoms with E-state index in [9.17, 15) is 23.5 Å². The molecule has 0 spiro atoms. The van der Waals surface area contributed by atoms with Crippen LogP contribution in [0.15, 0.2) is 29.1 Å². The molecule has 8 nitrogen and oxygen atoms in total. The lowest BCUT2D eigenvalue weighted by Crippen LogP contribution is -2.42. The number of aromatic nitrogens is 3. The third-order valence-corrected chi connectivity index (χ3v) is 6.42. The van der Waals surface area contributed by atoms with Crippen molar-refractivity contribution in [3.8, 4) is 0 Å². The molecular weight excluding hydrogens is 480 g/mol. The van der Waals surface area contributed by atoms with E-state index in [1.165, 1.54) is 16.7 Å². The van der Waals surface area contributed by atoms with Crippen molar-refractivity contribution >= 4 is 40.1 Å². The first-order valence-corrected chi connectivity index (χ1v) is 11.7. The molecule has 1 saturated heterocycles. The first kappa shape index (κ1) is 24.8. The molecule has 3 aromatic rings. The smallest absolute Gasteiger partial charge is 0.356 e. The van der Waals surface area contributed by atoms with E-state index >= 15 is 0 Å². The van der Waals surface area contributed by atoms with E-state index in [1.54, 1.807) is 11.0 Å². The van der Waals surface area contributed by atoms with Gasteiger partial charge in [0.25, 0.3) is 11.5 Å². The third kappa shape index (κ3) is 4.93. The Bertz CT molecular complexity index is 1350. The number of benzene rings is 1. The fourth-order valence-electron chi connectivity index (χ4n) is 4.41. The number of pyridine rings is 1. The minimum Gasteiger partial charge on any atom is -0.476 e. The summed E-state index contributed by atoms with van der Waals surface area (Å²) in [6, 6.07) is 6.19. The molecule has 35 heavy (non-hydrogen) atoms. The summed E-state index contributed by atoms with van der Waals surface area (Å²) in [7, 11) is 0. The molecule has 4 rings (SSSR count). The van der Waals surface area contributed by atoms with Gasteiger partial charge in [-0.3, -0.25) is 9.36 Å². The Balaban J connectivity index is 1.82. The number of anilines is 2. The van der Waals surface area contributed by atoms with Crippen LogP contribution >= 0.6 is 11.6 Å². The largest absolute Gasteiger partial charge is 0.476 e. The van der Waals surface area contributed by atoms with E-state index < -0.39 is 17.9 Å². The molecule has 0 bridgehead atoms. The molecule has 0 radical (unpaired) electrons. The van der Waals surface area contributed by atoms with Crippen molar-refractivity contribution in [1.29, 1.82) is 0 Å². The number of carboxylic acid groups (broad SMARTS) is 1. The number of carboxylic acids is 1. The molecule has 1 fully saturated rings. The fourth-order valence-corrected chi connectivity index (χ4v) is 4.55. The number of carbonyl (C=O) groups is 1. The first-order valence-electron chi connectivity index (χ1n) is 11.3. The van der Waals surface area contributed by atoms with Gasteiger partial charge in [-0.15, -0.1) is 0 Å². The fraction of sp³-hybridized carbons (Fsp3) is 0.417. The second kappa shape index (κ2) is 9.41. The summed E-state index contributed by atoms with van der Waals surface area (Å²) in [6.45, 7) is 6.04. The Kier molecular flexibility index (Phi) is 6.68. The standard InChI is InChI=1S/C24H26ClF2N5O3/c1-4-32-21(33)16-12-13(2)11-15(14(3)28-17-5-6-18(25)29-20(17)22(34)35)19(16)30-23(32)31-9-7-24(26,27)8-10-31/h5-6,11-12,14,28H,4,7-10H2,1-3H3,(H,34,35)/t14-/m1/s1. The summed E-state index contributed by atoms with van der Waals surface area (Å²) in [5, 5.41) is 13.1. The SMILES string of the molecule is CCn1c(N2CCC(F)(F)CC2)nc2c([C@@H](C)Nc3ccc(Cl)nc3C(=O)O)cc(C)cc2c1=O. The first-order chi connectivity index (χ1) is 16.5. The highest BCUT2D eigenvalue weighted by atomic mass is 35.5. The van der Waals surface area contributed by atoms with Crippen molar-refractivity contribution in [3.05, 3.63) is 56.6 Å². The van der Waals surface area contributed by atoms with Crippen LogP contribution in [0, 0.1) is 6.92 Å². The van der Waals surface area contributed by atoms with E-state index in [2.05, 4.69) is 10.3 Å². The topological polar surface area (TPSA) is 100 Å². The lowest BCUT2D eigenvalue weighted by Gasteiger charge is -2.33. The van der Waals surface area contributed by atoms with Crippen LogP contribution in [0.2, 0.25) is 5.15 Å². The summed E-state index contributed by atoms with van der Waals surface area (Å²) in [5.74, 6) is -3.60. The predicted octanol–water partition coefficient (Wildman–Crippen LogP) is 4.88. The Morgan fingerprint density at radius 2 is 1.94 bits per heavy atom. The van der Waals surface area contributed by atoms with Crippen molar-refractivity contribution in [2.45, 2.75) is 52.1 Å². The van der Waals surface area contributed by atoms with Crippen LogP contribution in [0.3, 0.4) is 0 Å². The summed E-state index contributed by atoms with van der Waals surface area (Å²) in [4.78, 5) is 35.5. The maximum atomic E-state index is 13.8. The zero-order valence-electron chi connectivity index (χ0n) is 19.6. The molecule has 1 atom stereocenters. The molecule has 11 heteroatoms. The number of hydrogen-bond acceptors (Lipinski definition) is 6. The highest BCUT2D eigenvalue weighted by Gasteiger charge is 2.35. The van der Waals surface area contributed by atoms with E-state index in [-0.39, 0.29) is 48.0 Å². The molecule has 0 unspecified atom stereocenters. The number of aryl methyl sites for hydroxylation is 1. The van der Waals surface area contributed by atoms with E-state index in [1.807, 2.05) is 26.8 Å². The van der Waals surface area contributed by atoms with Gasteiger partial charge in [-0.2, -0.15) is 0 Å². The second-order valence-corrected chi connectivity index (χ2v) is 9.14. The van der Waals surface area contributed by atoms with Crippen molar-refractivity contribution in [1.82, 2.24) is 14.5 Å². The number of hydrogen-bond donors (Lipinski definition) is 2. The van der Waals surface area contributed by atoms with Gasteiger partial charge in [0, 0.05) is 38.0 Å². The summed E-state index contributed by atoms with van der Waals surface area (Å²) < 4.78 is 29.0. The van der Waals surface area contributed by atoms with Crippen molar-refractivity contribution < 1.29 is 18.7 Å². The van der Waals surface area contributed by atoms with E-state index in [0.29, 0.717) is 29.0 Å². The van der Waals surface area contributed by atoms with Gasteiger partial charge in [0.15, 0.2) is 5.69 Å². The molecule has 1 aromatic carbocycles. The van der Waals surface area contributed by atoms with Gasteiger partial charge in [-0.1, -0.05) is 17.7 Å². The average Bonchev–Trinajstić information content (AvgIpc) is 2.80. The average molecular weight is 506 g/mol. The molecule has 186 valence electrons. The minimum absolute atomic E-state index is 0.0557. The minimum atomic E-state index is -2.72. The van der Waals surface area contributed by atoms with Gasteiger partial charge >= 0.3 is 5.97 Å². The van der Waals surface area contributed by atoms with Crippen LogP contribution in [0.5, 0.6) is 0 Å². The van der Waals surface area contributed by atoms with E-state index in [4.69, 9.17) is 16.6 Å². The van der Waals surface area contributed by atoms with Crippen LogP contribution in [0.25, 0.3) is 10.9 Å². The lowest BCUT2D eigenvalue weighted by molar-refractivity contribution is -0.0223. The van der Waals surface area contributed by atoms with Gasteiger partial charge < -0.3 is 15.3 Å². The molecule has 2 N–H and O–H groups in total. The van der Waals surface area contributed by atoms with Gasteiger partial charge in [0.1, 0.15) is 5.15 Å². The van der Waals surface area contributed by atoms with E-state index in [0.717, 1.165) is 5.56 Å². The number of aromatic carboxylic acids is 1. The zero-order valence-corrected chi connectivity index (χ0v) is 20.4. The van der Waals surface area contributed by atoms with Crippen molar-refractivity contribution in [3.63, 3.8) is 0 Å². The Labute approximate surface area is 205 Å². The number of nitrogens with one attached hydrogen (secondary N) is 1. The van der Waals surface area contributed by atoms with Crippen molar-refractivity contribution in [2.24, 2.45) is 0 Å². The predicted molar refractivity (Wildman–Crippen MR) is 131 cm³/mol. The quantitative estimate of drug-likeness (QED) is 0.460. The number of halogens is 3. The Hall–Kier alpha value is -3.27. The van der Waals surface area contributed by atoms with Crippen LogP contribution in [0.4, 0.5) is 20.4 Å². The van der Waals surface area contributed by atoms with Gasteiger partial charge in [-0.05, 0) is 44.5 Å². The summed E-state index contributed by atoms with van der Waals surface area (Å²) >= 11 is 5.87. The number of rotatable bonds is 6. The van der Waals surface area contributed by atoms with Crippen LogP contribution in [-0.4, -0.2) is 44.6 Å². The van der Waals surface area contributed by atoms with Crippen LogP contribution in [0.1, 0.15) is 54.3 Å².